The van der Waals surface area contributed by atoms with Gasteiger partial charge in [0.2, 0.25) is 0 Å². The second kappa shape index (κ2) is 7.78. The maximum atomic E-state index is 10.9. The highest BCUT2D eigenvalue weighted by molar-refractivity contribution is 6.35. The third-order valence-electron chi connectivity index (χ3n) is 2.31. The number of rotatable bonds is 8. The molecule has 1 rings (SSSR count). The highest BCUT2D eigenvalue weighted by Crippen LogP contribution is 2.15. The summed E-state index contributed by atoms with van der Waals surface area (Å²) in [6, 6.07) is 6.81. The van der Waals surface area contributed by atoms with E-state index in [9.17, 15) is 9.59 Å². The SMILES string of the molecule is CCOc1ccc(NN=C(CCC(=O)O)C(=O)O)cc1. The first-order valence-corrected chi connectivity index (χ1v) is 6.03. The molecule has 0 aliphatic heterocycles. The van der Waals surface area contributed by atoms with Gasteiger partial charge in [0, 0.05) is 6.42 Å². The molecule has 0 aliphatic rings. The summed E-state index contributed by atoms with van der Waals surface area (Å²) in [6.07, 6.45) is -0.426. The lowest BCUT2D eigenvalue weighted by Gasteiger charge is -2.05. The van der Waals surface area contributed by atoms with Crippen molar-refractivity contribution in [3.8, 4) is 5.75 Å². The molecule has 20 heavy (non-hydrogen) atoms. The molecule has 0 aliphatic carbocycles. The molecule has 0 amide bonds. The van der Waals surface area contributed by atoms with Crippen LogP contribution >= 0.6 is 0 Å². The van der Waals surface area contributed by atoms with Gasteiger partial charge in [-0.2, -0.15) is 5.10 Å². The topological polar surface area (TPSA) is 108 Å². The lowest BCUT2D eigenvalue weighted by atomic mass is 10.2. The number of carboxylic acid groups (broad SMARTS) is 2. The van der Waals surface area contributed by atoms with Gasteiger partial charge in [-0.05, 0) is 31.2 Å². The molecule has 0 atom stereocenters. The standard InChI is InChI=1S/C13H16N2O5/c1-2-20-10-5-3-9(4-6-10)14-15-11(13(18)19)7-8-12(16)17/h3-6,14H,2,7-8H2,1H3,(H,16,17)(H,18,19). The van der Waals surface area contributed by atoms with E-state index < -0.39 is 11.9 Å². The summed E-state index contributed by atoms with van der Waals surface area (Å²) in [6.45, 7) is 2.43. The van der Waals surface area contributed by atoms with E-state index >= 15 is 0 Å². The highest BCUT2D eigenvalue weighted by atomic mass is 16.5. The Balaban J connectivity index is 2.66. The average Bonchev–Trinajstić information content (AvgIpc) is 2.40. The summed E-state index contributed by atoms with van der Waals surface area (Å²) in [5.41, 5.74) is 2.93. The number of aliphatic carboxylic acids is 2. The number of carbonyl (C=O) groups is 2. The molecule has 1 aromatic carbocycles. The second-order valence-corrected chi connectivity index (χ2v) is 3.83. The van der Waals surface area contributed by atoms with Crippen molar-refractivity contribution in [3.05, 3.63) is 24.3 Å². The van der Waals surface area contributed by atoms with Gasteiger partial charge in [0.25, 0.3) is 0 Å². The smallest absolute Gasteiger partial charge is 0.352 e. The minimum Gasteiger partial charge on any atom is -0.494 e. The fraction of sp³-hybridized carbons (Fsp3) is 0.308. The van der Waals surface area contributed by atoms with Crippen LogP contribution in [0.2, 0.25) is 0 Å². The van der Waals surface area contributed by atoms with Gasteiger partial charge in [0.05, 0.1) is 18.7 Å². The Labute approximate surface area is 115 Å². The van der Waals surface area contributed by atoms with Gasteiger partial charge in [-0.3, -0.25) is 10.2 Å². The van der Waals surface area contributed by atoms with Crippen molar-refractivity contribution in [1.29, 1.82) is 0 Å². The normalized spacial score (nSPS) is 10.9. The molecule has 108 valence electrons. The third-order valence-corrected chi connectivity index (χ3v) is 2.31. The third kappa shape index (κ3) is 5.38. The molecule has 1 aromatic rings. The summed E-state index contributed by atoms with van der Waals surface area (Å²) in [7, 11) is 0. The van der Waals surface area contributed by atoms with Crippen molar-refractivity contribution in [2.45, 2.75) is 19.8 Å². The fourth-order valence-electron chi connectivity index (χ4n) is 1.36. The number of hydrogen-bond acceptors (Lipinski definition) is 5. The Hall–Kier alpha value is -2.57. The molecular formula is C13H16N2O5. The Bertz CT molecular complexity index is 496. The molecule has 0 fully saturated rings. The van der Waals surface area contributed by atoms with Crippen LogP contribution in [0.15, 0.2) is 29.4 Å². The number of benzene rings is 1. The first kappa shape index (κ1) is 15.5. The van der Waals surface area contributed by atoms with Crippen LogP contribution in [-0.4, -0.2) is 34.5 Å². The molecule has 7 nitrogen and oxygen atoms in total. The zero-order chi connectivity index (χ0) is 15.0. The summed E-state index contributed by atoms with van der Waals surface area (Å²) < 4.78 is 5.27. The van der Waals surface area contributed by atoms with Crippen molar-refractivity contribution in [3.63, 3.8) is 0 Å². The monoisotopic (exact) mass is 280 g/mol. The number of ether oxygens (including phenoxy) is 1. The van der Waals surface area contributed by atoms with Crippen molar-refractivity contribution >= 4 is 23.3 Å². The zero-order valence-electron chi connectivity index (χ0n) is 11.0. The zero-order valence-corrected chi connectivity index (χ0v) is 11.0. The van der Waals surface area contributed by atoms with Gasteiger partial charge in [0.1, 0.15) is 11.5 Å². The molecule has 7 heteroatoms. The Morgan fingerprint density at radius 2 is 1.85 bits per heavy atom. The first-order valence-electron chi connectivity index (χ1n) is 6.03. The number of nitrogens with zero attached hydrogens (tertiary/aromatic N) is 1. The molecule has 0 saturated carbocycles. The van der Waals surface area contributed by atoms with Gasteiger partial charge in [-0.25, -0.2) is 4.79 Å². The first-order chi connectivity index (χ1) is 9.52. The maximum Gasteiger partial charge on any atom is 0.352 e. The molecule has 0 bridgehead atoms. The highest BCUT2D eigenvalue weighted by Gasteiger charge is 2.11. The predicted molar refractivity (Wildman–Crippen MR) is 73.2 cm³/mol. The quantitative estimate of drug-likeness (QED) is 0.495. The summed E-state index contributed by atoms with van der Waals surface area (Å²) in [5, 5.41) is 21.1. The predicted octanol–water partition coefficient (Wildman–Crippen LogP) is 1.80. The van der Waals surface area contributed by atoms with E-state index in [0.717, 1.165) is 0 Å². The average molecular weight is 280 g/mol. The fourth-order valence-corrected chi connectivity index (χ4v) is 1.36. The van der Waals surface area contributed by atoms with Crippen LogP contribution in [-0.2, 0) is 9.59 Å². The van der Waals surface area contributed by atoms with Crippen LogP contribution in [0.1, 0.15) is 19.8 Å². The van der Waals surface area contributed by atoms with Crippen LogP contribution in [0.5, 0.6) is 5.75 Å². The van der Waals surface area contributed by atoms with Gasteiger partial charge < -0.3 is 14.9 Å². The number of anilines is 1. The van der Waals surface area contributed by atoms with E-state index in [0.29, 0.717) is 18.0 Å². The lowest BCUT2D eigenvalue weighted by Crippen LogP contribution is -2.16. The summed E-state index contributed by atoms with van der Waals surface area (Å²) in [5.74, 6) is -1.61. The van der Waals surface area contributed by atoms with Crippen molar-refractivity contribution < 1.29 is 24.5 Å². The van der Waals surface area contributed by atoms with Crippen LogP contribution in [0.25, 0.3) is 0 Å². The van der Waals surface area contributed by atoms with Crippen LogP contribution in [0.4, 0.5) is 5.69 Å². The van der Waals surface area contributed by atoms with Crippen LogP contribution < -0.4 is 10.2 Å². The molecule has 0 aromatic heterocycles. The molecule has 0 unspecified atom stereocenters. The van der Waals surface area contributed by atoms with Gasteiger partial charge in [0.15, 0.2) is 0 Å². The summed E-state index contributed by atoms with van der Waals surface area (Å²) in [4.78, 5) is 21.3. The molecule has 0 saturated heterocycles. The summed E-state index contributed by atoms with van der Waals surface area (Å²) >= 11 is 0. The van der Waals surface area contributed by atoms with Gasteiger partial charge in [-0.1, -0.05) is 0 Å². The Morgan fingerprint density at radius 3 is 2.35 bits per heavy atom. The number of hydrazone groups is 1. The van der Waals surface area contributed by atoms with E-state index in [1.807, 2.05) is 6.92 Å². The Kier molecular flexibility index (Phi) is 6.02. The van der Waals surface area contributed by atoms with Gasteiger partial charge >= 0.3 is 11.9 Å². The lowest BCUT2D eigenvalue weighted by molar-refractivity contribution is -0.136. The Morgan fingerprint density at radius 1 is 1.20 bits per heavy atom. The van der Waals surface area contributed by atoms with Crippen LogP contribution in [0.3, 0.4) is 0 Å². The number of nitrogens with one attached hydrogen (secondary N) is 1. The molecule has 0 heterocycles. The molecule has 0 radical (unpaired) electrons. The molecular weight excluding hydrogens is 264 g/mol. The van der Waals surface area contributed by atoms with E-state index in [4.69, 9.17) is 14.9 Å². The van der Waals surface area contributed by atoms with E-state index in [1.54, 1.807) is 24.3 Å². The van der Waals surface area contributed by atoms with E-state index in [2.05, 4.69) is 10.5 Å². The van der Waals surface area contributed by atoms with Crippen molar-refractivity contribution in [2.75, 3.05) is 12.0 Å². The van der Waals surface area contributed by atoms with E-state index in [1.165, 1.54) is 0 Å². The van der Waals surface area contributed by atoms with Gasteiger partial charge in [-0.15, -0.1) is 0 Å². The molecule has 3 N–H and O–H groups in total. The van der Waals surface area contributed by atoms with Crippen molar-refractivity contribution in [1.82, 2.24) is 0 Å². The minimum atomic E-state index is -1.25. The van der Waals surface area contributed by atoms with E-state index in [-0.39, 0.29) is 18.6 Å². The molecule has 0 spiro atoms. The van der Waals surface area contributed by atoms with Crippen molar-refractivity contribution in [2.24, 2.45) is 5.10 Å². The van der Waals surface area contributed by atoms with Crippen LogP contribution in [0, 0.1) is 0 Å². The largest absolute Gasteiger partial charge is 0.494 e. The maximum absolute atomic E-state index is 10.9. The number of carboxylic acids is 2. The minimum absolute atomic E-state index is 0.144. The number of hydrogen-bond donors (Lipinski definition) is 3. The second-order valence-electron chi connectivity index (χ2n) is 3.83.